The third-order valence-electron chi connectivity index (χ3n) is 8.38. The predicted octanol–water partition coefficient (Wildman–Crippen LogP) is 2.32. The second-order valence-corrected chi connectivity index (χ2v) is 10.5. The summed E-state index contributed by atoms with van der Waals surface area (Å²) in [6.07, 6.45) is 11.3. The summed E-state index contributed by atoms with van der Waals surface area (Å²) >= 11 is 0. The van der Waals surface area contributed by atoms with Gasteiger partial charge in [0.1, 0.15) is 6.04 Å². The summed E-state index contributed by atoms with van der Waals surface area (Å²) < 4.78 is 0. The molecule has 0 aromatic heterocycles. The van der Waals surface area contributed by atoms with Gasteiger partial charge in [0.25, 0.3) is 0 Å². The van der Waals surface area contributed by atoms with Gasteiger partial charge in [-0.05, 0) is 82.0 Å². The fourth-order valence-electron chi connectivity index (χ4n) is 7.50. The van der Waals surface area contributed by atoms with Crippen LogP contribution in [0.2, 0.25) is 0 Å². The van der Waals surface area contributed by atoms with Crippen molar-refractivity contribution in [3.05, 3.63) is 0 Å². The number of rotatable bonds is 6. The van der Waals surface area contributed by atoms with E-state index < -0.39 is 0 Å². The third-order valence-corrected chi connectivity index (χ3v) is 8.38. The molecule has 0 radical (unpaired) electrons. The molecule has 4 saturated carbocycles. The van der Waals surface area contributed by atoms with E-state index in [-0.39, 0.29) is 29.2 Å². The smallest absolute Gasteiger partial charge is 0.242 e. The fraction of sp³-hybridized carbons (Fsp3) is 0.870. The van der Waals surface area contributed by atoms with Crippen LogP contribution >= 0.6 is 0 Å². The monoisotopic (exact) mass is 401 g/mol. The molecule has 6 nitrogen and oxygen atoms in total. The molecule has 160 valence electrons. The molecule has 0 aromatic rings. The van der Waals surface area contributed by atoms with Crippen molar-refractivity contribution in [3.63, 3.8) is 0 Å². The molecule has 6 rings (SSSR count). The van der Waals surface area contributed by atoms with Gasteiger partial charge in [0.05, 0.1) is 5.41 Å². The average molecular weight is 402 g/mol. The summed E-state index contributed by atoms with van der Waals surface area (Å²) in [6, 6.07) is -0.288. The molecule has 4 bridgehead atoms. The minimum Gasteiger partial charge on any atom is -0.354 e. The highest BCUT2D eigenvalue weighted by atomic mass is 16.2. The van der Waals surface area contributed by atoms with Crippen molar-refractivity contribution >= 4 is 17.7 Å². The highest BCUT2D eigenvalue weighted by Gasteiger charge is 2.56. The minimum atomic E-state index is -0.288. The quantitative estimate of drug-likeness (QED) is 0.695. The number of hydrogen-bond acceptors (Lipinski definition) is 3. The van der Waals surface area contributed by atoms with E-state index in [2.05, 4.69) is 5.32 Å². The van der Waals surface area contributed by atoms with Gasteiger partial charge in [-0.25, -0.2) is 0 Å². The maximum atomic E-state index is 13.7. The molecule has 2 heterocycles. The first kappa shape index (κ1) is 19.4. The highest BCUT2D eigenvalue weighted by Crippen LogP contribution is 2.60. The molecule has 4 aliphatic carbocycles. The molecule has 29 heavy (non-hydrogen) atoms. The summed E-state index contributed by atoms with van der Waals surface area (Å²) in [5, 5.41) is 3.05. The summed E-state index contributed by atoms with van der Waals surface area (Å²) in [4.78, 5) is 42.0. The lowest BCUT2D eigenvalue weighted by atomic mass is 9.49. The average Bonchev–Trinajstić information content (AvgIpc) is 3.32. The normalized spacial score (nSPS) is 38.1. The summed E-state index contributed by atoms with van der Waals surface area (Å²) in [5.41, 5.74) is -0.159. The van der Waals surface area contributed by atoms with E-state index in [4.69, 9.17) is 0 Å². The first-order valence-electron chi connectivity index (χ1n) is 11.9. The number of carbonyl (C=O) groups is 3. The number of likely N-dealkylation sites (tertiary alicyclic amines) is 2. The van der Waals surface area contributed by atoms with E-state index in [0.717, 1.165) is 82.3 Å². The zero-order valence-corrected chi connectivity index (χ0v) is 17.5. The molecule has 0 aromatic carbocycles. The van der Waals surface area contributed by atoms with Crippen molar-refractivity contribution in [2.75, 3.05) is 26.2 Å². The van der Waals surface area contributed by atoms with Gasteiger partial charge in [-0.3, -0.25) is 14.4 Å². The van der Waals surface area contributed by atoms with Gasteiger partial charge < -0.3 is 15.1 Å². The number of amides is 3. The van der Waals surface area contributed by atoms with Gasteiger partial charge in [0.15, 0.2) is 0 Å². The van der Waals surface area contributed by atoms with E-state index in [1.165, 1.54) is 19.3 Å². The van der Waals surface area contributed by atoms with Crippen molar-refractivity contribution in [2.24, 2.45) is 23.2 Å². The summed E-state index contributed by atoms with van der Waals surface area (Å²) in [5.74, 6) is 2.76. The predicted molar refractivity (Wildman–Crippen MR) is 109 cm³/mol. The lowest BCUT2D eigenvalue weighted by Crippen LogP contribution is -2.57. The number of nitrogens with zero attached hydrogens (tertiary/aromatic N) is 2. The van der Waals surface area contributed by atoms with E-state index in [1.807, 2.05) is 9.80 Å². The molecular weight excluding hydrogens is 366 g/mol. The van der Waals surface area contributed by atoms with Crippen LogP contribution in [0.4, 0.5) is 0 Å². The molecule has 2 saturated heterocycles. The van der Waals surface area contributed by atoms with Crippen LogP contribution in [-0.4, -0.2) is 59.7 Å². The Balaban J connectivity index is 1.16. The van der Waals surface area contributed by atoms with E-state index in [9.17, 15) is 14.4 Å². The molecule has 6 fully saturated rings. The van der Waals surface area contributed by atoms with Crippen LogP contribution in [0.3, 0.4) is 0 Å². The zero-order valence-electron chi connectivity index (χ0n) is 17.5. The van der Waals surface area contributed by atoms with Gasteiger partial charge >= 0.3 is 0 Å². The maximum Gasteiger partial charge on any atom is 0.242 e. The SMILES string of the molecule is O=C(NCCCN1CCCC1=O)C1CCCN1C(=O)C12CC3CC(CC(C3)C1)C2. The third kappa shape index (κ3) is 3.57. The van der Waals surface area contributed by atoms with E-state index in [1.54, 1.807) is 0 Å². The van der Waals surface area contributed by atoms with Crippen LogP contribution in [0.15, 0.2) is 0 Å². The standard InChI is InChI=1S/C23H35N3O3/c27-20-5-2-7-25(20)8-3-6-24-21(28)19-4-1-9-26(19)22(29)23-13-16-10-17(14-23)12-18(11-16)15-23/h16-19H,1-15H2,(H,24,28). The molecule has 0 spiro atoms. The zero-order chi connectivity index (χ0) is 20.0. The Morgan fingerprint density at radius 1 is 1.00 bits per heavy atom. The van der Waals surface area contributed by atoms with E-state index in [0.29, 0.717) is 13.0 Å². The molecule has 1 unspecified atom stereocenters. The lowest BCUT2D eigenvalue weighted by Gasteiger charge is -2.56. The Labute approximate surface area is 173 Å². The van der Waals surface area contributed by atoms with Crippen molar-refractivity contribution in [1.29, 1.82) is 0 Å². The van der Waals surface area contributed by atoms with Crippen molar-refractivity contribution in [1.82, 2.24) is 15.1 Å². The Bertz CT molecular complexity index is 656. The largest absolute Gasteiger partial charge is 0.354 e. The van der Waals surface area contributed by atoms with Gasteiger partial charge in [0.2, 0.25) is 17.7 Å². The van der Waals surface area contributed by atoms with Crippen LogP contribution in [-0.2, 0) is 14.4 Å². The molecule has 6 aliphatic rings. The van der Waals surface area contributed by atoms with Crippen LogP contribution in [0.5, 0.6) is 0 Å². The molecule has 3 amide bonds. The fourth-order valence-corrected chi connectivity index (χ4v) is 7.50. The number of nitrogens with one attached hydrogen (secondary N) is 1. The van der Waals surface area contributed by atoms with Crippen LogP contribution in [0.25, 0.3) is 0 Å². The van der Waals surface area contributed by atoms with Gasteiger partial charge in [0, 0.05) is 32.6 Å². The number of hydrogen-bond donors (Lipinski definition) is 1. The highest BCUT2D eigenvalue weighted by molar-refractivity contribution is 5.91. The van der Waals surface area contributed by atoms with Crippen molar-refractivity contribution in [2.45, 2.75) is 76.7 Å². The van der Waals surface area contributed by atoms with Crippen molar-refractivity contribution < 1.29 is 14.4 Å². The van der Waals surface area contributed by atoms with E-state index >= 15 is 0 Å². The second kappa shape index (κ2) is 7.59. The van der Waals surface area contributed by atoms with Gasteiger partial charge in [-0.2, -0.15) is 0 Å². The Morgan fingerprint density at radius 3 is 2.31 bits per heavy atom. The van der Waals surface area contributed by atoms with Crippen LogP contribution < -0.4 is 5.32 Å². The summed E-state index contributed by atoms with van der Waals surface area (Å²) in [6.45, 7) is 2.89. The Hall–Kier alpha value is -1.59. The Morgan fingerprint density at radius 2 is 1.69 bits per heavy atom. The Kier molecular flexibility index (Phi) is 5.07. The molecule has 6 heteroatoms. The first-order chi connectivity index (χ1) is 14.0. The molecule has 2 aliphatic heterocycles. The van der Waals surface area contributed by atoms with Crippen LogP contribution in [0, 0.1) is 23.2 Å². The van der Waals surface area contributed by atoms with Gasteiger partial charge in [-0.1, -0.05) is 0 Å². The number of carbonyl (C=O) groups excluding carboxylic acids is 3. The minimum absolute atomic E-state index is 0.00771. The van der Waals surface area contributed by atoms with Crippen molar-refractivity contribution in [3.8, 4) is 0 Å². The molecular formula is C23H35N3O3. The second-order valence-electron chi connectivity index (χ2n) is 10.5. The maximum absolute atomic E-state index is 13.7. The summed E-state index contributed by atoms with van der Waals surface area (Å²) in [7, 11) is 0. The lowest BCUT2D eigenvalue weighted by molar-refractivity contribution is -0.160. The van der Waals surface area contributed by atoms with Gasteiger partial charge in [-0.15, -0.1) is 0 Å². The first-order valence-corrected chi connectivity index (χ1v) is 11.9. The topological polar surface area (TPSA) is 69.7 Å². The van der Waals surface area contributed by atoms with Crippen LogP contribution in [0.1, 0.15) is 70.6 Å². The molecule has 1 atom stereocenters. The molecule has 1 N–H and O–H groups in total.